The Hall–Kier alpha value is -3.71. The van der Waals surface area contributed by atoms with Crippen LogP contribution >= 0.6 is 22.7 Å². The molecule has 0 radical (unpaired) electrons. The van der Waals surface area contributed by atoms with E-state index in [1.165, 1.54) is 19.1 Å². The van der Waals surface area contributed by atoms with Crippen LogP contribution in [0.3, 0.4) is 0 Å². The Kier molecular flexibility index (Phi) is 6.38. The molecule has 4 aromatic rings. The van der Waals surface area contributed by atoms with E-state index in [1.54, 1.807) is 0 Å². The minimum Gasteiger partial charge on any atom is -0.542 e. The van der Waals surface area contributed by atoms with Gasteiger partial charge >= 0.3 is 6.18 Å². The van der Waals surface area contributed by atoms with Crippen LogP contribution in [0.1, 0.15) is 30.6 Å². The molecule has 0 saturated heterocycles. The van der Waals surface area contributed by atoms with Crippen LogP contribution in [0.2, 0.25) is 0 Å². The summed E-state index contributed by atoms with van der Waals surface area (Å²) in [4.78, 5) is 32.4. The van der Waals surface area contributed by atoms with E-state index in [4.69, 9.17) is 0 Å². The monoisotopic (exact) mass is 524 g/mol. The van der Waals surface area contributed by atoms with Gasteiger partial charge in [-0.15, -0.1) is 11.3 Å². The fraction of sp³-hybridized carbons (Fsp3) is 0.0909. The second-order valence-corrected chi connectivity index (χ2v) is 9.24. The van der Waals surface area contributed by atoms with Gasteiger partial charge in [-0.05, 0) is 36.8 Å². The van der Waals surface area contributed by atoms with E-state index in [2.05, 4.69) is 15.3 Å². The topological polar surface area (TPSA) is 95.0 Å². The zero-order valence-corrected chi connectivity index (χ0v) is 19.0. The Morgan fingerprint density at radius 3 is 2.23 bits per heavy atom. The van der Waals surface area contributed by atoms with Gasteiger partial charge in [-0.3, -0.25) is 10.1 Å². The number of thiazole rings is 2. The van der Waals surface area contributed by atoms with E-state index in [-0.39, 0.29) is 32.0 Å². The van der Waals surface area contributed by atoms with Gasteiger partial charge in [-0.1, -0.05) is 29.5 Å². The van der Waals surface area contributed by atoms with Gasteiger partial charge in [0.2, 0.25) is 0 Å². The first kappa shape index (κ1) is 24.4. The van der Waals surface area contributed by atoms with E-state index >= 15 is 0 Å². The summed E-state index contributed by atoms with van der Waals surface area (Å²) in [5, 5.41) is 12.9. The molecule has 0 saturated carbocycles. The second-order valence-electron chi connectivity index (χ2n) is 7.04. The molecule has 35 heavy (non-hydrogen) atoms. The maximum atomic E-state index is 14.0. The molecule has 0 unspecified atom stereocenters. The number of carbonyl (C=O) groups excluding carboxylic acids is 2. The number of anilines is 1. The highest BCUT2D eigenvalue weighted by molar-refractivity contribution is 7.19. The minimum atomic E-state index is -4.64. The van der Waals surface area contributed by atoms with Crippen molar-refractivity contribution < 1.29 is 36.6 Å². The molecular weight excluding hydrogens is 513 g/mol. The number of rotatable bonds is 5. The van der Waals surface area contributed by atoms with Crippen molar-refractivity contribution in [3.63, 3.8) is 0 Å². The average molecular weight is 524 g/mol. The SMILES string of the molecule is Cc1sc(C(=O)[O-])nc1-c1nc(NC(=O)c2c(F)cccc2F)sc1-c1cccc(C(F)(F)F)c1. The van der Waals surface area contributed by atoms with Crippen LogP contribution < -0.4 is 10.4 Å². The second kappa shape index (κ2) is 9.15. The molecule has 4 rings (SSSR count). The number of alkyl halides is 3. The summed E-state index contributed by atoms with van der Waals surface area (Å²) in [5.41, 5.74) is -1.71. The van der Waals surface area contributed by atoms with E-state index < -0.39 is 40.8 Å². The summed E-state index contributed by atoms with van der Waals surface area (Å²) in [5.74, 6) is -4.96. The van der Waals surface area contributed by atoms with Crippen LogP contribution in [0, 0.1) is 18.6 Å². The number of nitrogens with one attached hydrogen (secondary N) is 1. The molecule has 0 aliphatic rings. The molecule has 0 spiro atoms. The number of aromatic carboxylic acids is 1. The fourth-order valence-corrected chi connectivity index (χ4v) is 4.85. The summed E-state index contributed by atoms with van der Waals surface area (Å²) >= 11 is 1.51. The van der Waals surface area contributed by atoms with Crippen LogP contribution in [0.15, 0.2) is 42.5 Å². The standard InChI is InChI=1S/C22H12F5N3O3S2/c1-9-15(28-19(34-9)20(32)33)16-17(10-4-2-5-11(8-10)22(25,26)27)35-21(29-16)30-18(31)14-12(23)6-3-7-13(14)24/h2-8H,1H3,(H,32,33)(H,29,30,31)/p-1. The summed E-state index contributed by atoms with van der Waals surface area (Å²) in [6, 6.07) is 7.13. The molecule has 6 nitrogen and oxygen atoms in total. The smallest absolute Gasteiger partial charge is 0.416 e. The highest BCUT2D eigenvalue weighted by Gasteiger charge is 2.31. The lowest BCUT2D eigenvalue weighted by Crippen LogP contribution is -2.21. The van der Waals surface area contributed by atoms with Crippen molar-refractivity contribution >= 4 is 39.7 Å². The molecular formula is C22H11F5N3O3S2-. The molecule has 1 amide bonds. The van der Waals surface area contributed by atoms with E-state index in [0.29, 0.717) is 4.88 Å². The summed E-state index contributed by atoms with van der Waals surface area (Å²) in [7, 11) is 0. The van der Waals surface area contributed by atoms with Crippen LogP contribution in [0.25, 0.3) is 21.8 Å². The van der Waals surface area contributed by atoms with Crippen LogP contribution in [0.5, 0.6) is 0 Å². The summed E-state index contributed by atoms with van der Waals surface area (Å²) in [6.07, 6.45) is -4.64. The molecule has 0 aliphatic heterocycles. The average Bonchev–Trinajstić information content (AvgIpc) is 3.36. The Morgan fingerprint density at radius 1 is 0.971 bits per heavy atom. The number of carboxylic acids is 1. The first-order valence-corrected chi connectivity index (χ1v) is 11.2. The highest BCUT2D eigenvalue weighted by atomic mass is 32.1. The summed E-state index contributed by atoms with van der Waals surface area (Å²) < 4.78 is 67.9. The largest absolute Gasteiger partial charge is 0.542 e. The number of nitrogens with zero attached hydrogens (tertiary/aromatic N) is 2. The summed E-state index contributed by atoms with van der Waals surface area (Å²) in [6.45, 7) is 1.53. The van der Waals surface area contributed by atoms with E-state index in [0.717, 1.165) is 53.0 Å². The Labute approximate surface area is 201 Å². The zero-order valence-electron chi connectivity index (χ0n) is 17.4. The van der Waals surface area contributed by atoms with E-state index in [9.17, 15) is 36.6 Å². The number of hydrogen-bond acceptors (Lipinski definition) is 7. The Balaban J connectivity index is 1.84. The van der Waals surface area contributed by atoms with Gasteiger partial charge in [0.15, 0.2) is 5.13 Å². The van der Waals surface area contributed by atoms with Crippen molar-refractivity contribution in [1.82, 2.24) is 9.97 Å². The number of aromatic nitrogens is 2. The molecule has 13 heteroatoms. The maximum Gasteiger partial charge on any atom is 0.416 e. The predicted octanol–water partition coefficient (Wildman–Crippen LogP) is 5.15. The van der Waals surface area contributed by atoms with Gasteiger partial charge < -0.3 is 9.90 Å². The van der Waals surface area contributed by atoms with Crippen molar-refractivity contribution in [2.24, 2.45) is 0 Å². The van der Waals surface area contributed by atoms with Crippen molar-refractivity contribution in [3.8, 4) is 21.8 Å². The molecule has 1 N–H and O–H groups in total. The van der Waals surface area contributed by atoms with Gasteiger partial charge in [0.05, 0.1) is 10.4 Å². The number of carbonyl (C=O) groups is 2. The molecule has 0 aliphatic carbocycles. The molecule has 2 aromatic heterocycles. The predicted molar refractivity (Wildman–Crippen MR) is 117 cm³/mol. The van der Waals surface area contributed by atoms with Gasteiger partial charge in [-0.2, -0.15) is 13.2 Å². The van der Waals surface area contributed by atoms with E-state index in [1.807, 2.05) is 0 Å². The number of carboxylic acid groups (broad SMARTS) is 1. The number of hydrogen-bond donors (Lipinski definition) is 1. The van der Waals surface area contributed by atoms with Gasteiger partial charge in [0.1, 0.15) is 39.6 Å². The Morgan fingerprint density at radius 2 is 1.63 bits per heavy atom. The number of benzene rings is 2. The van der Waals surface area contributed by atoms with Gasteiger partial charge in [0.25, 0.3) is 5.91 Å². The molecule has 180 valence electrons. The van der Waals surface area contributed by atoms with Crippen molar-refractivity contribution in [3.05, 3.63) is 75.1 Å². The first-order chi connectivity index (χ1) is 16.5. The third-order valence-electron chi connectivity index (χ3n) is 4.69. The minimum absolute atomic E-state index is 0.0140. The lowest BCUT2D eigenvalue weighted by atomic mass is 10.1. The Bertz CT molecular complexity index is 1440. The number of amides is 1. The fourth-order valence-electron chi connectivity index (χ4n) is 3.14. The normalized spacial score (nSPS) is 11.5. The van der Waals surface area contributed by atoms with Gasteiger partial charge in [0, 0.05) is 4.88 Å². The quantitative estimate of drug-likeness (QED) is 0.364. The molecule has 0 atom stereocenters. The van der Waals surface area contributed by atoms with Crippen LogP contribution in [0.4, 0.5) is 27.1 Å². The third-order valence-corrected chi connectivity index (χ3v) is 6.66. The first-order valence-electron chi connectivity index (χ1n) is 9.58. The molecule has 0 bridgehead atoms. The van der Waals surface area contributed by atoms with Crippen molar-refractivity contribution in [2.75, 3.05) is 5.32 Å². The van der Waals surface area contributed by atoms with Gasteiger partial charge in [-0.25, -0.2) is 18.7 Å². The zero-order chi connectivity index (χ0) is 25.5. The molecule has 0 fully saturated rings. The van der Waals surface area contributed by atoms with Crippen molar-refractivity contribution in [2.45, 2.75) is 13.1 Å². The van der Waals surface area contributed by atoms with Crippen molar-refractivity contribution in [1.29, 1.82) is 0 Å². The lowest BCUT2D eigenvalue weighted by Gasteiger charge is -2.08. The lowest BCUT2D eigenvalue weighted by molar-refractivity contribution is -0.255. The molecule has 2 heterocycles. The van der Waals surface area contributed by atoms with Crippen LogP contribution in [-0.4, -0.2) is 21.8 Å². The highest BCUT2D eigenvalue weighted by Crippen LogP contribution is 2.42. The third kappa shape index (κ3) is 4.91. The number of aryl methyl sites for hydroxylation is 1. The number of halogens is 5. The molecule has 2 aromatic carbocycles. The van der Waals surface area contributed by atoms with Crippen LogP contribution in [-0.2, 0) is 6.18 Å². The maximum absolute atomic E-state index is 14.0.